The number of aliphatic hydroxyl groups is 2. The second kappa shape index (κ2) is 14.7. The molecule has 0 saturated carbocycles. The van der Waals surface area contributed by atoms with Gasteiger partial charge in [0.2, 0.25) is 11.6 Å². The Morgan fingerprint density at radius 3 is 1.44 bits per heavy atom. The zero-order chi connectivity index (χ0) is 31.1. The maximum Gasteiger partial charge on any atom is 0.205 e. The summed E-state index contributed by atoms with van der Waals surface area (Å²) in [5, 5.41) is 23.1. The maximum absolute atomic E-state index is 11.6. The summed E-state index contributed by atoms with van der Waals surface area (Å²) in [4.78, 5) is 0. The summed E-state index contributed by atoms with van der Waals surface area (Å²) in [6.07, 6.45) is 3.03. The SMILES string of the molecule is CCCCOC(O)(CC1CO1)C(C)Oc1ccccc1C(C)(C)c1ccccc1OC(C)C(O)(CC1CO1)OCCCC. The summed E-state index contributed by atoms with van der Waals surface area (Å²) in [5.74, 6) is -1.64. The third kappa shape index (κ3) is 8.93. The van der Waals surface area contributed by atoms with Gasteiger partial charge in [0, 0.05) is 29.4 Å². The first-order valence-electron chi connectivity index (χ1n) is 16.0. The molecule has 0 radical (unpaired) electrons. The lowest BCUT2D eigenvalue weighted by Gasteiger charge is -2.37. The molecule has 2 aromatic rings. The third-order valence-corrected chi connectivity index (χ3v) is 8.54. The molecule has 2 fully saturated rings. The van der Waals surface area contributed by atoms with Crippen LogP contribution in [0.2, 0.25) is 0 Å². The molecule has 8 heteroatoms. The van der Waals surface area contributed by atoms with Crippen molar-refractivity contribution in [3.8, 4) is 11.5 Å². The zero-order valence-electron chi connectivity index (χ0n) is 26.8. The molecule has 2 saturated heterocycles. The smallest absolute Gasteiger partial charge is 0.205 e. The molecule has 240 valence electrons. The van der Waals surface area contributed by atoms with E-state index in [2.05, 4.69) is 27.7 Å². The fraction of sp³-hybridized carbons (Fsp3) is 0.657. The predicted molar refractivity (Wildman–Crippen MR) is 166 cm³/mol. The van der Waals surface area contributed by atoms with E-state index < -0.39 is 29.2 Å². The van der Waals surface area contributed by atoms with Crippen LogP contribution in [0.3, 0.4) is 0 Å². The van der Waals surface area contributed by atoms with Crippen molar-refractivity contribution in [1.29, 1.82) is 0 Å². The number of para-hydroxylation sites is 2. The number of hydrogen-bond acceptors (Lipinski definition) is 8. The van der Waals surface area contributed by atoms with Crippen LogP contribution in [0, 0.1) is 0 Å². The second-order valence-electron chi connectivity index (χ2n) is 12.6. The molecule has 2 aliphatic rings. The zero-order valence-corrected chi connectivity index (χ0v) is 26.8. The highest BCUT2D eigenvalue weighted by atomic mass is 16.7. The first kappa shape index (κ1) is 33.7. The summed E-state index contributed by atoms with van der Waals surface area (Å²) >= 11 is 0. The van der Waals surface area contributed by atoms with E-state index in [9.17, 15) is 10.2 Å². The lowest BCUT2D eigenvalue weighted by atomic mass is 9.77. The van der Waals surface area contributed by atoms with Crippen LogP contribution in [0.5, 0.6) is 11.5 Å². The van der Waals surface area contributed by atoms with Crippen LogP contribution in [-0.4, -0.2) is 72.6 Å². The van der Waals surface area contributed by atoms with Crippen molar-refractivity contribution < 1.29 is 38.6 Å². The number of rotatable bonds is 20. The van der Waals surface area contributed by atoms with E-state index in [1.165, 1.54) is 0 Å². The first-order chi connectivity index (χ1) is 20.5. The number of unbranched alkanes of at least 4 members (excludes halogenated alkanes) is 2. The monoisotopic (exact) mass is 600 g/mol. The predicted octanol–water partition coefficient (Wildman–Crippen LogP) is 6.14. The average Bonchev–Trinajstić information content (AvgIpc) is 3.92. The molecular formula is C35H52O8. The van der Waals surface area contributed by atoms with Crippen LogP contribution in [0.25, 0.3) is 0 Å². The summed E-state index contributed by atoms with van der Waals surface area (Å²) in [5.41, 5.74) is 1.31. The number of hydrogen-bond donors (Lipinski definition) is 2. The van der Waals surface area contributed by atoms with Gasteiger partial charge in [0.05, 0.1) is 38.6 Å². The third-order valence-electron chi connectivity index (χ3n) is 8.54. The Balaban J connectivity index is 1.57. The highest BCUT2D eigenvalue weighted by molar-refractivity contribution is 5.50. The molecule has 2 N–H and O–H groups in total. The Labute approximate surface area is 257 Å². The van der Waals surface area contributed by atoms with E-state index in [0.717, 1.165) is 36.8 Å². The lowest BCUT2D eigenvalue weighted by molar-refractivity contribution is -0.252. The fourth-order valence-electron chi connectivity index (χ4n) is 5.38. The van der Waals surface area contributed by atoms with Crippen molar-refractivity contribution in [2.24, 2.45) is 0 Å². The molecule has 0 aliphatic carbocycles. The second-order valence-corrected chi connectivity index (χ2v) is 12.6. The minimum Gasteiger partial charge on any atom is -0.485 e. The van der Waals surface area contributed by atoms with Gasteiger partial charge in [-0.1, -0.05) is 76.9 Å². The van der Waals surface area contributed by atoms with E-state index in [4.69, 9.17) is 28.4 Å². The van der Waals surface area contributed by atoms with Crippen molar-refractivity contribution >= 4 is 0 Å². The largest absolute Gasteiger partial charge is 0.485 e. The van der Waals surface area contributed by atoms with Crippen molar-refractivity contribution in [3.05, 3.63) is 59.7 Å². The average molecular weight is 601 g/mol. The molecule has 0 amide bonds. The Morgan fingerprint density at radius 2 is 1.09 bits per heavy atom. The van der Waals surface area contributed by atoms with Crippen molar-refractivity contribution in [2.75, 3.05) is 26.4 Å². The van der Waals surface area contributed by atoms with E-state index in [1.54, 1.807) is 0 Å². The molecular weight excluding hydrogens is 548 g/mol. The van der Waals surface area contributed by atoms with Crippen molar-refractivity contribution in [2.45, 2.75) is 121 Å². The summed E-state index contributed by atoms with van der Waals surface area (Å²) in [6, 6.07) is 15.8. The van der Waals surface area contributed by atoms with Crippen LogP contribution >= 0.6 is 0 Å². The molecule has 43 heavy (non-hydrogen) atoms. The van der Waals surface area contributed by atoms with Gasteiger partial charge in [-0.3, -0.25) is 0 Å². The normalized spacial score (nSPS) is 22.2. The minimum absolute atomic E-state index is 0.0218. The van der Waals surface area contributed by atoms with Gasteiger partial charge in [0.1, 0.15) is 23.7 Å². The molecule has 2 aromatic carbocycles. The molecule has 0 spiro atoms. The van der Waals surface area contributed by atoms with E-state index in [0.29, 0.717) is 50.8 Å². The van der Waals surface area contributed by atoms with Crippen LogP contribution in [0.15, 0.2) is 48.5 Å². The molecule has 8 nitrogen and oxygen atoms in total. The molecule has 2 aliphatic heterocycles. The van der Waals surface area contributed by atoms with Crippen LogP contribution in [0.1, 0.15) is 91.2 Å². The van der Waals surface area contributed by atoms with Gasteiger partial charge in [-0.2, -0.15) is 0 Å². The topological polar surface area (TPSA) is 102 Å². The van der Waals surface area contributed by atoms with Gasteiger partial charge < -0.3 is 38.6 Å². The maximum atomic E-state index is 11.6. The van der Waals surface area contributed by atoms with E-state index in [-0.39, 0.29) is 12.2 Å². The van der Waals surface area contributed by atoms with Crippen LogP contribution in [-0.2, 0) is 24.4 Å². The standard InChI is InChI=1S/C35H52O8/c1-7-9-19-40-34(36,21-27-23-38-27)25(3)42-31-17-13-11-15-29(31)33(5,6)30-16-12-14-18-32(30)43-26(4)35(37,22-28-24-39-28)41-20-10-8-2/h11-18,25-28,36-37H,7-10,19-24H2,1-6H3. The summed E-state index contributed by atoms with van der Waals surface area (Å²) in [6.45, 7) is 14.3. The Bertz CT molecular complexity index is 1060. The van der Waals surface area contributed by atoms with E-state index in [1.807, 2.05) is 62.4 Å². The Morgan fingerprint density at radius 1 is 0.721 bits per heavy atom. The quantitative estimate of drug-likeness (QED) is 0.106. The number of epoxide rings is 2. The molecule has 2 heterocycles. The van der Waals surface area contributed by atoms with Crippen molar-refractivity contribution in [3.63, 3.8) is 0 Å². The van der Waals surface area contributed by atoms with Crippen LogP contribution in [0.4, 0.5) is 0 Å². The molecule has 6 unspecified atom stereocenters. The Hall–Kier alpha value is -2.20. The highest BCUT2D eigenvalue weighted by Crippen LogP contribution is 2.43. The van der Waals surface area contributed by atoms with Gasteiger partial charge in [0.25, 0.3) is 0 Å². The molecule has 0 bridgehead atoms. The van der Waals surface area contributed by atoms with Gasteiger partial charge in [-0.05, 0) is 38.8 Å². The van der Waals surface area contributed by atoms with E-state index >= 15 is 0 Å². The van der Waals surface area contributed by atoms with Gasteiger partial charge in [0.15, 0.2) is 0 Å². The first-order valence-corrected chi connectivity index (χ1v) is 16.0. The molecule has 0 aromatic heterocycles. The summed E-state index contributed by atoms with van der Waals surface area (Å²) in [7, 11) is 0. The van der Waals surface area contributed by atoms with Crippen LogP contribution < -0.4 is 9.47 Å². The van der Waals surface area contributed by atoms with Gasteiger partial charge in [-0.25, -0.2) is 0 Å². The lowest BCUT2D eigenvalue weighted by Crippen LogP contribution is -2.48. The minimum atomic E-state index is -1.47. The summed E-state index contributed by atoms with van der Waals surface area (Å²) < 4.78 is 35.9. The molecule has 4 rings (SSSR count). The number of benzene rings is 2. The number of ether oxygens (including phenoxy) is 6. The fourth-order valence-corrected chi connectivity index (χ4v) is 5.38. The highest BCUT2D eigenvalue weighted by Gasteiger charge is 2.45. The van der Waals surface area contributed by atoms with Gasteiger partial charge >= 0.3 is 0 Å². The molecule has 6 atom stereocenters. The van der Waals surface area contributed by atoms with Gasteiger partial charge in [-0.15, -0.1) is 0 Å². The Kier molecular flexibility index (Phi) is 11.5. The van der Waals surface area contributed by atoms with Crippen molar-refractivity contribution in [1.82, 2.24) is 0 Å².